The van der Waals surface area contributed by atoms with E-state index in [9.17, 15) is 0 Å². The van der Waals surface area contributed by atoms with E-state index in [0.717, 1.165) is 0 Å². The van der Waals surface area contributed by atoms with Crippen LogP contribution >= 0.6 is 0 Å². The highest BCUT2D eigenvalue weighted by atomic mass is 14.3. The molecule has 10 aromatic carbocycles. The molecule has 0 aliphatic carbocycles. The van der Waals surface area contributed by atoms with E-state index in [1.807, 2.05) is 0 Å². The molecule has 0 bridgehead atoms. The van der Waals surface area contributed by atoms with E-state index in [1.165, 1.54) is 97.3 Å². The normalized spacial score (nSPS) is 12.6. The minimum Gasteiger partial charge on any atom is -0.0610 e. The van der Waals surface area contributed by atoms with Gasteiger partial charge in [0.1, 0.15) is 0 Å². The fraction of sp³-hybridized carbons (Fsp3) is 0.0476. The molecular formula is C42H26. The lowest BCUT2D eigenvalue weighted by Gasteiger charge is -2.23. The number of hydrogen-bond donors (Lipinski definition) is 0. The van der Waals surface area contributed by atoms with Gasteiger partial charge in [-0.05, 0) is 97.3 Å². The summed E-state index contributed by atoms with van der Waals surface area (Å²) in [6, 6.07) is 50.3. The third-order valence-corrected chi connectivity index (χ3v) is 10.0. The molecule has 0 fully saturated rings. The van der Waals surface area contributed by atoms with Crippen LogP contribution in [0.25, 0.3) is 86.2 Å². The Labute approximate surface area is 243 Å². The molecule has 10 aromatic rings. The van der Waals surface area contributed by atoms with E-state index in [2.05, 4.69) is 140 Å². The Bertz CT molecular complexity index is 2490. The molecule has 194 valence electrons. The second-order valence-corrected chi connectivity index (χ2v) is 12.0. The van der Waals surface area contributed by atoms with Gasteiger partial charge in [-0.1, -0.05) is 140 Å². The zero-order chi connectivity index (χ0) is 27.5. The first-order valence-electron chi connectivity index (χ1n) is 14.9. The lowest BCUT2D eigenvalue weighted by Crippen LogP contribution is -2.01. The van der Waals surface area contributed by atoms with Gasteiger partial charge >= 0.3 is 0 Å². The van der Waals surface area contributed by atoms with Gasteiger partial charge in [-0.25, -0.2) is 0 Å². The molecular weight excluding hydrogens is 504 g/mol. The Kier molecular flexibility index (Phi) is 4.26. The van der Waals surface area contributed by atoms with Gasteiger partial charge in [0.15, 0.2) is 0 Å². The van der Waals surface area contributed by atoms with Crippen molar-refractivity contribution in [3.8, 4) is 0 Å². The van der Waals surface area contributed by atoms with Crippen molar-refractivity contribution in [3.05, 3.63) is 145 Å². The van der Waals surface area contributed by atoms with Gasteiger partial charge in [-0.3, -0.25) is 0 Å². The molecule has 0 radical (unpaired) electrons. The summed E-state index contributed by atoms with van der Waals surface area (Å²) in [4.78, 5) is 0. The van der Waals surface area contributed by atoms with Crippen molar-refractivity contribution in [1.29, 1.82) is 0 Å². The van der Waals surface area contributed by atoms with Crippen molar-refractivity contribution in [1.82, 2.24) is 0 Å². The molecule has 0 nitrogen and oxygen atoms in total. The summed E-state index contributed by atoms with van der Waals surface area (Å²) in [5.74, 6) is 0.200. The lowest BCUT2D eigenvalue weighted by molar-refractivity contribution is 0.947. The molecule has 0 aliphatic heterocycles. The second-order valence-electron chi connectivity index (χ2n) is 12.0. The molecule has 10 rings (SSSR count). The van der Waals surface area contributed by atoms with Crippen LogP contribution in [0.5, 0.6) is 0 Å². The maximum Gasteiger partial charge on any atom is 0.00737 e. The quantitative estimate of drug-likeness (QED) is 0.154. The zero-order valence-corrected chi connectivity index (χ0v) is 23.3. The largest absolute Gasteiger partial charge is 0.0610 e. The minimum atomic E-state index is 0.200. The van der Waals surface area contributed by atoms with E-state index in [0.29, 0.717) is 0 Å². The summed E-state index contributed by atoms with van der Waals surface area (Å²) in [6.45, 7) is 2.42. The summed E-state index contributed by atoms with van der Waals surface area (Å²) >= 11 is 0. The van der Waals surface area contributed by atoms with Gasteiger partial charge in [0.05, 0.1) is 0 Å². The Hall–Kier alpha value is -5.20. The van der Waals surface area contributed by atoms with Crippen LogP contribution in [-0.4, -0.2) is 0 Å². The van der Waals surface area contributed by atoms with Crippen LogP contribution in [0.4, 0.5) is 0 Å². The van der Waals surface area contributed by atoms with Crippen LogP contribution in [0.1, 0.15) is 24.0 Å². The topological polar surface area (TPSA) is 0 Å². The predicted octanol–water partition coefficient (Wildman–Crippen LogP) is 11.9. The highest BCUT2D eigenvalue weighted by Crippen LogP contribution is 2.47. The van der Waals surface area contributed by atoms with Gasteiger partial charge in [-0.15, -0.1) is 0 Å². The maximum absolute atomic E-state index is 2.42. The molecule has 0 unspecified atom stereocenters. The maximum atomic E-state index is 2.42. The van der Waals surface area contributed by atoms with Crippen molar-refractivity contribution in [2.75, 3.05) is 0 Å². The first kappa shape index (κ1) is 22.5. The molecule has 0 N–H and O–H groups in total. The van der Waals surface area contributed by atoms with Gasteiger partial charge in [-0.2, -0.15) is 0 Å². The van der Waals surface area contributed by atoms with Crippen molar-refractivity contribution in [2.45, 2.75) is 12.8 Å². The van der Waals surface area contributed by atoms with Crippen molar-refractivity contribution < 1.29 is 0 Å². The fourth-order valence-electron chi connectivity index (χ4n) is 8.26. The monoisotopic (exact) mass is 530 g/mol. The third-order valence-electron chi connectivity index (χ3n) is 10.0. The van der Waals surface area contributed by atoms with Crippen molar-refractivity contribution >= 4 is 86.2 Å². The SMILES string of the molecule is CC(c1ccc2cccc3c4cccc5cccc(c1c23)c54)c1ccc2cccc3c4cccc5cccc(c1c23)c54. The average Bonchev–Trinajstić information content (AvgIpc) is 3.05. The van der Waals surface area contributed by atoms with Gasteiger partial charge in [0.25, 0.3) is 0 Å². The number of rotatable bonds is 2. The van der Waals surface area contributed by atoms with Crippen LogP contribution in [0.3, 0.4) is 0 Å². The average molecular weight is 531 g/mol. The van der Waals surface area contributed by atoms with Crippen LogP contribution < -0.4 is 0 Å². The first-order chi connectivity index (χ1) is 20.8. The van der Waals surface area contributed by atoms with E-state index >= 15 is 0 Å². The van der Waals surface area contributed by atoms with Gasteiger partial charge in [0.2, 0.25) is 0 Å². The number of benzene rings is 10. The molecule has 0 amide bonds. The summed E-state index contributed by atoms with van der Waals surface area (Å²) in [7, 11) is 0. The van der Waals surface area contributed by atoms with Crippen LogP contribution in [-0.2, 0) is 0 Å². The standard InChI is InChI=1S/C42H26/c1-24(29-22-20-27-12-4-16-33-31-14-2-8-25-10-6-18-35(37(25)31)41(29)39(27)33)30-23-21-28-13-5-17-34-32-15-3-9-26-11-7-19-36(38(26)32)42(30)40(28)34/h2-24H,1H3. The summed E-state index contributed by atoms with van der Waals surface area (Å²) < 4.78 is 0. The predicted molar refractivity (Wildman–Crippen MR) is 183 cm³/mol. The smallest absolute Gasteiger partial charge is 0.00737 e. The van der Waals surface area contributed by atoms with E-state index in [4.69, 9.17) is 0 Å². The number of fused-ring (bicyclic) bond motifs is 4. The molecule has 0 saturated carbocycles. The lowest BCUT2D eigenvalue weighted by atomic mass is 9.80. The van der Waals surface area contributed by atoms with Gasteiger partial charge in [0, 0.05) is 5.92 Å². The Morgan fingerprint density at radius 3 is 0.976 bits per heavy atom. The molecule has 0 aromatic heterocycles. The zero-order valence-electron chi connectivity index (χ0n) is 23.3. The van der Waals surface area contributed by atoms with Crippen molar-refractivity contribution in [2.24, 2.45) is 0 Å². The summed E-state index contributed by atoms with van der Waals surface area (Å²) in [5.41, 5.74) is 2.80. The molecule has 0 spiro atoms. The second kappa shape index (κ2) is 7.96. The minimum absolute atomic E-state index is 0.200. The fourth-order valence-corrected chi connectivity index (χ4v) is 8.26. The highest BCUT2D eigenvalue weighted by molar-refractivity contribution is 6.35. The molecule has 0 heterocycles. The first-order valence-corrected chi connectivity index (χ1v) is 14.9. The van der Waals surface area contributed by atoms with Crippen LogP contribution in [0, 0.1) is 0 Å². The summed E-state index contributed by atoms with van der Waals surface area (Å²) in [6.07, 6.45) is 0. The molecule has 0 saturated heterocycles. The molecule has 0 atom stereocenters. The molecule has 0 aliphatic rings. The Morgan fingerprint density at radius 1 is 0.286 bits per heavy atom. The van der Waals surface area contributed by atoms with E-state index < -0.39 is 0 Å². The third kappa shape index (κ3) is 2.72. The molecule has 42 heavy (non-hydrogen) atoms. The number of hydrogen-bond acceptors (Lipinski definition) is 0. The van der Waals surface area contributed by atoms with Crippen LogP contribution in [0.2, 0.25) is 0 Å². The van der Waals surface area contributed by atoms with Crippen molar-refractivity contribution in [3.63, 3.8) is 0 Å². The highest BCUT2D eigenvalue weighted by Gasteiger charge is 2.23. The molecule has 0 heteroatoms. The Balaban J connectivity index is 1.39. The summed E-state index contributed by atoms with van der Waals surface area (Å²) in [5, 5.41) is 21.7. The van der Waals surface area contributed by atoms with Crippen LogP contribution in [0.15, 0.2) is 133 Å². The van der Waals surface area contributed by atoms with E-state index in [-0.39, 0.29) is 5.92 Å². The van der Waals surface area contributed by atoms with Gasteiger partial charge < -0.3 is 0 Å². The Morgan fingerprint density at radius 2 is 0.595 bits per heavy atom. The van der Waals surface area contributed by atoms with E-state index in [1.54, 1.807) is 0 Å².